The summed E-state index contributed by atoms with van der Waals surface area (Å²) in [6.45, 7) is 0. The minimum atomic E-state index is 0.651. The van der Waals surface area contributed by atoms with Crippen LogP contribution in [0, 0.1) is 0 Å². The van der Waals surface area contributed by atoms with E-state index in [1.165, 1.54) is 0 Å². The topological polar surface area (TPSA) is 17.1 Å². The highest BCUT2D eigenvalue weighted by Crippen LogP contribution is 2.31. The van der Waals surface area contributed by atoms with E-state index in [-0.39, 0.29) is 0 Å². The van der Waals surface area contributed by atoms with Crippen LogP contribution >= 0.6 is 27.5 Å². The van der Waals surface area contributed by atoms with Gasteiger partial charge in [0, 0.05) is 20.4 Å². The van der Waals surface area contributed by atoms with E-state index in [9.17, 15) is 4.79 Å². The SMILES string of the molecule is O=Cc1ccc(Cl)c2c(Br)cccc12. The van der Waals surface area contributed by atoms with E-state index in [2.05, 4.69) is 15.9 Å². The third-order valence-electron chi connectivity index (χ3n) is 2.10. The highest BCUT2D eigenvalue weighted by Gasteiger charge is 2.06. The zero-order valence-corrected chi connectivity index (χ0v) is 9.47. The fourth-order valence-electron chi connectivity index (χ4n) is 1.45. The first kappa shape index (κ1) is 9.69. The first-order chi connectivity index (χ1) is 6.74. The van der Waals surface area contributed by atoms with Gasteiger partial charge in [0.2, 0.25) is 0 Å². The number of carbonyl (C=O) groups is 1. The van der Waals surface area contributed by atoms with E-state index in [0.29, 0.717) is 10.6 Å². The van der Waals surface area contributed by atoms with Crippen molar-refractivity contribution < 1.29 is 4.79 Å². The molecule has 2 rings (SSSR count). The first-order valence-electron chi connectivity index (χ1n) is 4.06. The standard InChI is InChI=1S/C11H6BrClO/c12-9-3-1-2-8-7(6-14)4-5-10(13)11(8)9/h1-6H. The number of carbonyl (C=O) groups excluding carboxylic acids is 1. The van der Waals surface area contributed by atoms with E-state index >= 15 is 0 Å². The molecule has 0 saturated carbocycles. The summed E-state index contributed by atoms with van der Waals surface area (Å²) in [5, 5.41) is 2.42. The number of aldehydes is 1. The summed E-state index contributed by atoms with van der Waals surface area (Å²) in [7, 11) is 0. The highest BCUT2D eigenvalue weighted by atomic mass is 79.9. The van der Waals surface area contributed by atoms with Gasteiger partial charge in [-0.25, -0.2) is 0 Å². The van der Waals surface area contributed by atoms with Gasteiger partial charge in [-0.3, -0.25) is 4.79 Å². The fraction of sp³-hybridized carbons (Fsp3) is 0. The number of rotatable bonds is 1. The van der Waals surface area contributed by atoms with Crippen LogP contribution in [-0.2, 0) is 0 Å². The van der Waals surface area contributed by atoms with Gasteiger partial charge in [0.15, 0.2) is 6.29 Å². The Bertz CT molecular complexity index is 500. The molecule has 1 nitrogen and oxygen atoms in total. The van der Waals surface area contributed by atoms with Gasteiger partial charge in [-0.2, -0.15) is 0 Å². The lowest BCUT2D eigenvalue weighted by Gasteiger charge is -2.04. The van der Waals surface area contributed by atoms with Crippen LogP contribution in [0.3, 0.4) is 0 Å². The minimum Gasteiger partial charge on any atom is -0.298 e. The second kappa shape index (κ2) is 3.71. The molecule has 0 radical (unpaired) electrons. The molecular formula is C11H6BrClO. The number of benzene rings is 2. The van der Waals surface area contributed by atoms with E-state index in [1.807, 2.05) is 18.2 Å². The highest BCUT2D eigenvalue weighted by molar-refractivity contribution is 9.10. The minimum absolute atomic E-state index is 0.651. The van der Waals surface area contributed by atoms with Crippen molar-refractivity contribution in [3.05, 3.63) is 45.4 Å². The molecule has 0 N–H and O–H groups in total. The van der Waals surface area contributed by atoms with Crippen molar-refractivity contribution in [2.75, 3.05) is 0 Å². The number of halogens is 2. The van der Waals surface area contributed by atoms with Crippen molar-refractivity contribution >= 4 is 44.6 Å². The van der Waals surface area contributed by atoms with Gasteiger partial charge in [0.1, 0.15) is 0 Å². The van der Waals surface area contributed by atoms with Crippen LogP contribution in [0.15, 0.2) is 34.8 Å². The average molecular weight is 270 g/mol. The average Bonchev–Trinajstić information content (AvgIpc) is 2.18. The van der Waals surface area contributed by atoms with Crippen molar-refractivity contribution in [3.63, 3.8) is 0 Å². The van der Waals surface area contributed by atoms with Gasteiger partial charge in [0.05, 0.1) is 0 Å². The summed E-state index contributed by atoms with van der Waals surface area (Å²) in [5.74, 6) is 0. The third kappa shape index (κ3) is 1.45. The van der Waals surface area contributed by atoms with Gasteiger partial charge in [0.25, 0.3) is 0 Å². The monoisotopic (exact) mass is 268 g/mol. The molecule has 0 amide bonds. The van der Waals surface area contributed by atoms with Crippen molar-refractivity contribution in [1.29, 1.82) is 0 Å². The number of hydrogen-bond acceptors (Lipinski definition) is 1. The molecule has 0 aliphatic rings. The van der Waals surface area contributed by atoms with Crippen LogP contribution in [-0.4, -0.2) is 6.29 Å². The van der Waals surface area contributed by atoms with E-state index in [0.717, 1.165) is 21.5 Å². The van der Waals surface area contributed by atoms with Crippen LogP contribution < -0.4 is 0 Å². The molecule has 0 fully saturated rings. The summed E-state index contributed by atoms with van der Waals surface area (Å²) in [5.41, 5.74) is 0.658. The molecule has 70 valence electrons. The molecule has 0 aromatic heterocycles. The van der Waals surface area contributed by atoms with Gasteiger partial charge < -0.3 is 0 Å². The summed E-state index contributed by atoms with van der Waals surface area (Å²) >= 11 is 9.46. The van der Waals surface area contributed by atoms with E-state index in [4.69, 9.17) is 11.6 Å². The largest absolute Gasteiger partial charge is 0.298 e. The summed E-state index contributed by atoms with van der Waals surface area (Å²) in [6, 6.07) is 9.14. The van der Waals surface area contributed by atoms with Crippen LogP contribution in [0.25, 0.3) is 10.8 Å². The zero-order valence-electron chi connectivity index (χ0n) is 7.13. The molecular weight excluding hydrogens is 263 g/mol. The Labute approximate surface area is 94.8 Å². The summed E-state index contributed by atoms with van der Waals surface area (Å²) < 4.78 is 0.906. The van der Waals surface area contributed by atoms with Crippen molar-refractivity contribution in [2.24, 2.45) is 0 Å². The van der Waals surface area contributed by atoms with Gasteiger partial charge >= 0.3 is 0 Å². The van der Waals surface area contributed by atoms with Gasteiger partial charge in [-0.05, 0) is 23.6 Å². The zero-order chi connectivity index (χ0) is 10.1. The molecule has 0 heterocycles. The maximum atomic E-state index is 10.8. The molecule has 0 aliphatic heterocycles. The Morgan fingerprint density at radius 2 is 2.00 bits per heavy atom. The smallest absolute Gasteiger partial charge is 0.150 e. The first-order valence-corrected chi connectivity index (χ1v) is 5.23. The Kier molecular flexibility index (Phi) is 2.57. The normalized spacial score (nSPS) is 10.4. The third-order valence-corrected chi connectivity index (χ3v) is 3.08. The molecule has 14 heavy (non-hydrogen) atoms. The number of hydrogen-bond donors (Lipinski definition) is 0. The van der Waals surface area contributed by atoms with Crippen molar-refractivity contribution in [2.45, 2.75) is 0 Å². The predicted molar refractivity (Wildman–Crippen MR) is 62.0 cm³/mol. The lowest BCUT2D eigenvalue weighted by atomic mass is 10.1. The van der Waals surface area contributed by atoms with Crippen LogP contribution in [0.5, 0.6) is 0 Å². The van der Waals surface area contributed by atoms with Gasteiger partial charge in [-0.15, -0.1) is 0 Å². The van der Waals surface area contributed by atoms with Crippen LogP contribution in [0.2, 0.25) is 5.02 Å². The second-order valence-electron chi connectivity index (χ2n) is 2.92. The van der Waals surface area contributed by atoms with Crippen molar-refractivity contribution in [1.82, 2.24) is 0 Å². The molecule has 0 aliphatic carbocycles. The maximum Gasteiger partial charge on any atom is 0.150 e. The Balaban J connectivity index is 2.98. The Morgan fingerprint density at radius 1 is 1.21 bits per heavy atom. The molecule has 2 aromatic rings. The van der Waals surface area contributed by atoms with Crippen LogP contribution in [0.1, 0.15) is 10.4 Å². The Morgan fingerprint density at radius 3 is 2.71 bits per heavy atom. The molecule has 0 atom stereocenters. The molecule has 2 aromatic carbocycles. The summed E-state index contributed by atoms with van der Waals surface area (Å²) in [6.07, 6.45) is 0.838. The molecule has 0 spiro atoms. The van der Waals surface area contributed by atoms with Crippen LogP contribution in [0.4, 0.5) is 0 Å². The molecule has 3 heteroatoms. The molecule has 0 saturated heterocycles. The van der Waals surface area contributed by atoms with Gasteiger partial charge in [-0.1, -0.05) is 39.7 Å². The molecule has 0 bridgehead atoms. The van der Waals surface area contributed by atoms with E-state index in [1.54, 1.807) is 12.1 Å². The second-order valence-corrected chi connectivity index (χ2v) is 4.18. The number of fused-ring (bicyclic) bond motifs is 1. The quantitative estimate of drug-likeness (QED) is 0.713. The lowest BCUT2D eigenvalue weighted by Crippen LogP contribution is -1.84. The molecule has 0 unspecified atom stereocenters. The van der Waals surface area contributed by atoms with E-state index < -0.39 is 0 Å². The Hall–Kier alpha value is -0.860. The van der Waals surface area contributed by atoms with Crippen molar-refractivity contribution in [3.8, 4) is 0 Å². The summed E-state index contributed by atoms with van der Waals surface area (Å²) in [4.78, 5) is 10.8. The maximum absolute atomic E-state index is 10.8. The predicted octanol–water partition coefficient (Wildman–Crippen LogP) is 4.07. The lowest BCUT2D eigenvalue weighted by molar-refractivity contribution is 0.112. The fourth-order valence-corrected chi connectivity index (χ4v) is 2.41.